The van der Waals surface area contributed by atoms with Crippen molar-refractivity contribution in [2.75, 3.05) is 13.2 Å². The van der Waals surface area contributed by atoms with Crippen LogP contribution in [0.3, 0.4) is 0 Å². The van der Waals surface area contributed by atoms with Crippen molar-refractivity contribution in [1.82, 2.24) is 4.72 Å². The number of halogens is 1. The van der Waals surface area contributed by atoms with Crippen LogP contribution in [0.4, 0.5) is 0 Å². The van der Waals surface area contributed by atoms with Gasteiger partial charge in [0.2, 0.25) is 10.0 Å². The second-order valence-corrected chi connectivity index (χ2v) is 13.0. The zero-order valence-electron chi connectivity index (χ0n) is 16.7. The molecule has 5 nitrogen and oxygen atoms in total. The first-order valence-electron chi connectivity index (χ1n) is 9.63. The molecule has 1 aliphatic heterocycles. The van der Waals surface area contributed by atoms with Gasteiger partial charge < -0.3 is 9.47 Å². The first-order chi connectivity index (χ1) is 12.6. The Morgan fingerprint density at radius 1 is 1.22 bits per heavy atom. The highest BCUT2D eigenvalue weighted by Gasteiger charge is 2.34. The van der Waals surface area contributed by atoms with E-state index in [1.165, 1.54) is 0 Å². The van der Waals surface area contributed by atoms with Crippen LogP contribution in [0.25, 0.3) is 0 Å². The average molecular weight is 483 g/mol. The van der Waals surface area contributed by atoms with E-state index in [9.17, 15) is 8.42 Å². The Morgan fingerprint density at radius 2 is 1.89 bits per heavy atom. The smallest absolute Gasteiger partial charge is 0.217 e. The van der Waals surface area contributed by atoms with Crippen molar-refractivity contribution in [3.05, 3.63) is 20.8 Å². The summed E-state index contributed by atoms with van der Waals surface area (Å²) >= 11 is 5.06. The van der Waals surface area contributed by atoms with Crippen molar-refractivity contribution in [1.29, 1.82) is 0 Å². The molecule has 1 atom stereocenters. The Bertz CT molecular complexity index is 691. The lowest BCUT2D eigenvalue weighted by molar-refractivity contribution is -0.164. The summed E-state index contributed by atoms with van der Waals surface area (Å²) in [4.78, 5) is 1.04. The highest BCUT2D eigenvalue weighted by atomic mass is 79.9. The van der Waals surface area contributed by atoms with Crippen LogP contribution in [0.2, 0.25) is 0 Å². The van der Waals surface area contributed by atoms with Crippen LogP contribution in [0, 0.1) is 0 Å². The van der Waals surface area contributed by atoms with Crippen molar-refractivity contribution < 1.29 is 17.9 Å². The van der Waals surface area contributed by atoms with Crippen LogP contribution >= 0.6 is 27.3 Å². The summed E-state index contributed by atoms with van der Waals surface area (Å²) in [5.74, 6) is -0.397. The molecule has 1 aromatic heterocycles. The van der Waals surface area contributed by atoms with Crippen molar-refractivity contribution in [3.8, 4) is 0 Å². The molecule has 1 aromatic rings. The molecule has 0 radical (unpaired) electrons. The quantitative estimate of drug-likeness (QED) is 0.455. The predicted octanol–water partition coefficient (Wildman–Crippen LogP) is 5.37. The van der Waals surface area contributed by atoms with Gasteiger partial charge in [-0.25, -0.2) is 13.1 Å². The van der Waals surface area contributed by atoms with Crippen LogP contribution in [0.15, 0.2) is 15.9 Å². The molecule has 1 aliphatic rings. The van der Waals surface area contributed by atoms with E-state index in [1.54, 1.807) is 32.1 Å². The summed E-state index contributed by atoms with van der Waals surface area (Å²) in [7, 11) is -3.40. The van der Waals surface area contributed by atoms with Crippen molar-refractivity contribution in [2.24, 2.45) is 0 Å². The van der Waals surface area contributed by atoms with E-state index in [1.807, 2.05) is 12.1 Å². The molecule has 0 amide bonds. The summed E-state index contributed by atoms with van der Waals surface area (Å²) in [6.45, 7) is 8.63. The van der Waals surface area contributed by atoms with E-state index in [4.69, 9.17) is 9.47 Å². The van der Waals surface area contributed by atoms with E-state index in [2.05, 4.69) is 27.6 Å². The number of thiophene rings is 1. The zero-order chi connectivity index (χ0) is 20.1. The van der Waals surface area contributed by atoms with Gasteiger partial charge in [-0.3, -0.25) is 0 Å². The minimum Gasteiger partial charge on any atom is -0.348 e. The molecule has 0 bridgehead atoms. The fraction of sp³-hybridized carbons (Fsp3) is 0.789. The van der Waals surface area contributed by atoms with Crippen molar-refractivity contribution in [2.45, 2.75) is 82.8 Å². The van der Waals surface area contributed by atoms with Crippen LogP contribution in [0.1, 0.15) is 77.1 Å². The van der Waals surface area contributed by atoms with E-state index < -0.39 is 20.6 Å². The molecule has 2 rings (SSSR count). The Balaban J connectivity index is 1.91. The van der Waals surface area contributed by atoms with Gasteiger partial charge in [-0.15, -0.1) is 11.3 Å². The van der Waals surface area contributed by atoms with Gasteiger partial charge in [-0.1, -0.05) is 19.8 Å². The summed E-state index contributed by atoms with van der Waals surface area (Å²) in [5, 5.41) is 0. The molecule has 1 N–H and O–H groups in total. The number of hydrogen-bond donors (Lipinski definition) is 1. The van der Waals surface area contributed by atoms with Crippen LogP contribution < -0.4 is 4.72 Å². The van der Waals surface area contributed by atoms with Gasteiger partial charge >= 0.3 is 0 Å². The zero-order valence-corrected chi connectivity index (χ0v) is 19.9. The Hall–Kier alpha value is 0.01000. The predicted molar refractivity (Wildman–Crippen MR) is 115 cm³/mol. The number of unbranched alkanes of at least 4 members (excludes halogenated alkanes) is 2. The molecular formula is C19H32BrNO4S2. The Morgan fingerprint density at radius 3 is 2.41 bits per heavy atom. The highest BCUT2D eigenvalue weighted by Crippen LogP contribution is 2.33. The van der Waals surface area contributed by atoms with E-state index >= 15 is 0 Å². The molecule has 0 saturated carbocycles. The summed E-state index contributed by atoms with van der Waals surface area (Å²) < 4.78 is 39.9. The lowest BCUT2D eigenvalue weighted by Gasteiger charge is -2.26. The molecule has 156 valence electrons. The van der Waals surface area contributed by atoms with Gasteiger partial charge in [0.1, 0.15) is 0 Å². The first kappa shape index (κ1) is 23.3. The second-order valence-electron chi connectivity index (χ2n) is 7.99. The monoisotopic (exact) mass is 481 g/mol. The molecule has 27 heavy (non-hydrogen) atoms. The maximum atomic E-state index is 12.6. The van der Waals surface area contributed by atoms with E-state index in [0.717, 1.165) is 47.2 Å². The van der Waals surface area contributed by atoms with Crippen molar-refractivity contribution in [3.63, 3.8) is 0 Å². The molecule has 0 aromatic carbocycles. The molecule has 8 heteroatoms. The van der Waals surface area contributed by atoms with Gasteiger partial charge in [0, 0.05) is 11.3 Å². The minimum absolute atomic E-state index is 0.190. The topological polar surface area (TPSA) is 64.6 Å². The fourth-order valence-corrected chi connectivity index (χ4v) is 5.64. The second kappa shape index (κ2) is 9.67. The number of sulfonamides is 1. The first-order valence-corrected chi connectivity index (χ1v) is 12.7. The Labute approximate surface area is 176 Å². The SMILES string of the molecule is CCC1(CCCCC[C@@H](NS(=O)(=O)C(C)(C)C)c2ccc(Br)s2)OCCO1. The van der Waals surface area contributed by atoms with Gasteiger partial charge in [0.05, 0.1) is 27.8 Å². The minimum atomic E-state index is -3.40. The van der Waals surface area contributed by atoms with Crippen molar-refractivity contribution >= 4 is 37.3 Å². The summed E-state index contributed by atoms with van der Waals surface area (Å²) in [6, 6.07) is 3.78. The van der Waals surface area contributed by atoms with Crippen LogP contribution in [-0.2, 0) is 19.5 Å². The maximum absolute atomic E-state index is 12.6. The number of rotatable bonds is 10. The van der Waals surface area contributed by atoms with E-state index in [0.29, 0.717) is 13.2 Å². The lowest BCUT2D eigenvalue weighted by Crippen LogP contribution is -2.41. The largest absolute Gasteiger partial charge is 0.348 e. The highest BCUT2D eigenvalue weighted by molar-refractivity contribution is 9.11. The van der Waals surface area contributed by atoms with Gasteiger partial charge in [-0.05, 0) is 68.1 Å². The third-order valence-corrected chi connectivity index (χ3v) is 8.89. The molecular weight excluding hydrogens is 450 g/mol. The van der Waals surface area contributed by atoms with Gasteiger partial charge in [0.25, 0.3) is 0 Å². The number of hydrogen-bond acceptors (Lipinski definition) is 5. The van der Waals surface area contributed by atoms with E-state index in [-0.39, 0.29) is 6.04 Å². The molecule has 0 spiro atoms. The molecule has 1 saturated heterocycles. The fourth-order valence-electron chi connectivity index (χ4n) is 3.08. The maximum Gasteiger partial charge on any atom is 0.217 e. The van der Waals surface area contributed by atoms with Gasteiger partial charge in [0.15, 0.2) is 5.79 Å². The summed E-state index contributed by atoms with van der Waals surface area (Å²) in [6.07, 6.45) is 5.53. The molecule has 1 fully saturated rings. The average Bonchev–Trinajstić information content (AvgIpc) is 3.22. The van der Waals surface area contributed by atoms with Gasteiger partial charge in [-0.2, -0.15) is 0 Å². The molecule has 0 aliphatic carbocycles. The summed E-state index contributed by atoms with van der Waals surface area (Å²) in [5.41, 5.74) is 0. The van der Waals surface area contributed by atoms with Crippen LogP contribution in [-0.4, -0.2) is 32.2 Å². The van der Waals surface area contributed by atoms with Crippen LogP contribution in [0.5, 0.6) is 0 Å². The molecule has 0 unspecified atom stereocenters. The third-order valence-electron chi connectivity index (χ3n) is 4.94. The Kier molecular flexibility index (Phi) is 8.34. The third kappa shape index (κ3) is 6.51. The standard InChI is InChI=1S/C19H32BrNO4S2/c1-5-19(24-13-14-25-19)12-8-6-7-9-15(16-10-11-17(20)26-16)21-27(22,23)18(2,3)4/h10-11,15,21H,5-9,12-14H2,1-4H3/t15-/m1/s1. The number of ether oxygens (including phenoxy) is 2. The number of nitrogens with one attached hydrogen (secondary N) is 1. The normalized spacial score (nSPS) is 18.7. The molecule has 2 heterocycles. The lowest BCUT2D eigenvalue weighted by atomic mass is 10.0.